The largest absolute Gasteiger partial charge is 0.462 e. The summed E-state index contributed by atoms with van der Waals surface area (Å²) in [7, 11) is 0. The van der Waals surface area contributed by atoms with Crippen LogP contribution in [0.4, 0.5) is 0 Å². The minimum Gasteiger partial charge on any atom is -0.462 e. The second-order valence-corrected chi connectivity index (χ2v) is 7.13. The molecule has 148 valence electrons. The Morgan fingerprint density at radius 2 is 1.42 bits per heavy atom. The number of esters is 2. The summed E-state index contributed by atoms with van der Waals surface area (Å²) in [6.07, 6.45) is 12.6. The highest BCUT2D eigenvalue weighted by molar-refractivity contribution is 6.02. The van der Waals surface area contributed by atoms with E-state index < -0.39 is 0 Å². The molecule has 0 heterocycles. The monoisotopic (exact) mass is 364 g/mol. The van der Waals surface area contributed by atoms with Crippen molar-refractivity contribution in [1.82, 2.24) is 0 Å². The summed E-state index contributed by atoms with van der Waals surface area (Å²) in [5.74, 6) is -0.744. The third-order valence-corrected chi connectivity index (χ3v) is 4.64. The first-order valence-corrected chi connectivity index (χ1v) is 10.3. The SMILES string of the molecule is CCCCCCOC(=O)C1=C(C(=O)OCCCCCC)CCCC(C)=C1. The summed E-state index contributed by atoms with van der Waals surface area (Å²) >= 11 is 0. The predicted molar refractivity (Wildman–Crippen MR) is 105 cm³/mol. The van der Waals surface area contributed by atoms with Crippen molar-refractivity contribution in [2.45, 2.75) is 91.4 Å². The van der Waals surface area contributed by atoms with Crippen LogP contribution in [0.2, 0.25) is 0 Å². The minimum atomic E-state index is -0.388. The highest BCUT2D eigenvalue weighted by atomic mass is 16.5. The minimum absolute atomic E-state index is 0.356. The Bertz CT molecular complexity index is 502. The molecule has 0 unspecified atom stereocenters. The van der Waals surface area contributed by atoms with Crippen LogP contribution in [0, 0.1) is 0 Å². The lowest BCUT2D eigenvalue weighted by Gasteiger charge is -2.11. The van der Waals surface area contributed by atoms with E-state index in [9.17, 15) is 9.59 Å². The van der Waals surface area contributed by atoms with Gasteiger partial charge in [-0.3, -0.25) is 0 Å². The topological polar surface area (TPSA) is 52.6 Å². The molecule has 0 saturated carbocycles. The third kappa shape index (κ3) is 8.68. The van der Waals surface area contributed by atoms with Gasteiger partial charge in [-0.05, 0) is 45.1 Å². The number of hydrogen-bond donors (Lipinski definition) is 0. The number of unbranched alkanes of at least 4 members (excludes halogenated alkanes) is 6. The van der Waals surface area contributed by atoms with Crippen LogP contribution in [0.1, 0.15) is 91.4 Å². The van der Waals surface area contributed by atoms with Gasteiger partial charge in [0.2, 0.25) is 0 Å². The van der Waals surface area contributed by atoms with Crippen molar-refractivity contribution in [3.63, 3.8) is 0 Å². The molecule has 0 spiro atoms. The van der Waals surface area contributed by atoms with Gasteiger partial charge in [0.05, 0.1) is 24.4 Å². The van der Waals surface area contributed by atoms with Gasteiger partial charge in [0.15, 0.2) is 0 Å². The van der Waals surface area contributed by atoms with E-state index >= 15 is 0 Å². The lowest BCUT2D eigenvalue weighted by molar-refractivity contribution is -0.142. The van der Waals surface area contributed by atoms with Crippen LogP contribution in [0.3, 0.4) is 0 Å². The molecule has 0 aliphatic heterocycles. The average Bonchev–Trinajstić information content (AvgIpc) is 2.82. The number of rotatable bonds is 12. The molecule has 0 radical (unpaired) electrons. The number of hydrogen-bond acceptors (Lipinski definition) is 4. The van der Waals surface area contributed by atoms with Crippen LogP contribution in [-0.2, 0) is 19.1 Å². The Labute approximate surface area is 159 Å². The first-order chi connectivity index (χ1) is 12.6. The van der Waals surface area contributed by atoms with Gasteiger partial charge in [-0.15, -0.1) is 0 Å². The molecule has 0 fully saturated rings. The maximum atomic E-state index is 12.5. The molecule has 4 heteroatoms. The van der Waals surface area contributed by atoms with Crippen molar-refractivity contribution in [3.8, 4) is 0 Å². The van der Waals surface area contributed by atoms with Gasteiger partial charge in [-0.2, -0.15) is 0 Å². The van der Waals surface area contributed by atoms with E-state index in [1.807, 2.05) is 13.0 Å². The van der Waals surface area contributed by atoms with Crippen molar-refractivity contribution in [2.24, 2.45) is 0 Å². The molecule has 4 nitrogen and oxygen atoms in total. The predicted octanol–water partition coefficient (Wildman–Crippen LogP) is 5.66. The second kappa shape index (κ2) is 13.6. The first-order valence-electron chi connectivity index (χ1n) is 10.3. The van der Waals surface area contributed by atoms with E-state index in [2.05, 4.69) is 13.8 Å². The van der Waals surface area contributed by atoms with Crippen molar-refractivity contribution in [1.29, 1.82) is 0 Å². The maximum Gasteiger partial charge on any atom is 0.338 e. The quantitative estimate of drug-likeness (QED) is 0.331. The zero-order valence-electron chi connectivity index (χ0n) is 16.9. The van der Waals surface area contributed by atoms with Crippen LogP contribution < -0.4 is 0 Å². The summed E-state index contributed by atoms with van der Waals surface area (Å²) in [4.78, 5) is 25.0. The molecule has 0 atom stereocenters. The highest BCUT2D eigenvalue weighted by Crippen LogP contribution is 2.25. The molecule has 0 aromatic rings. The molecule has 26 heavy (non-hydrogen) atoms. The van der Waals surface area contributed by atoms with E-state index in [0.29, 0.717) is 30.8 Å². The molecule has 1 aliphatic rings. The molecule has 1 aliphatic carbocycles. The van der Waals surface area contributed by atoms with Gasteiger partial charge >= 0.3 is 11.9 Å². The summed E-state index contributed by atoms with van der Waals surface area (Å²) in [5, 5.41) is 0. The van der Waals surface area contributed by atoms with Crippen LogP contribution in [0.15, 0.2) is 22.8 Å². The van der Waals surface area contributed by atoms with Crippen molar-refractivity contribution in [2.75, 3.05) is 13.2 Å². The standard InChI is InChI=1S/C22H36O4/c1-4-6-8-10-15-25-21(23)19-14-12-13-18(3)17-20(19)22(24)26-16-11-9-7-5-2/h17H,4-16H2,1-3H3. The average molecular weight is 365 g/mol. The van der Waals surface area contributed by atoms with E-state index in [1.165, 1.54) is 0 Å². The Morgan fingerprint density at radius 3 is 2.00 bits per heavy atom. The second-order valence-electron chi connectivity index (χ2n) is 7.13. The molecule has 0 bridgehead atoms. The smallest absolute Gasteiger partial charge is 0.338 e. The van der Waals surface area contributed by atoms with Crippen molar-refractivity contribution in [3.05, 3.63) is 22.8 Å². The highest BCUT2D eigenvalue weighted by Gasteiger charge is 2.23. The molecular weight excluding hydrogens is 328 g/mol. The zero-order chi connectivity index (χ0) is 19.2. The maximum absolute atomic E-state index is 12.5. The van der Waals surface area contributed by atoms with Crippen LogP contribution >= 0.6 is 0 Å². The Balaban J connectivity index is 2.68. The Morgan fingerprint density at radius 1 is 0.846 bits per heavy atom. The van der Waals surface area contributed by atoms with Gasteiger partial charge in [-0.1, -0.05) is 57.9 Å². The fraction of sp³-hybridized carbons (Fsp3) is 0.727. The van der Waals surface area contributed by atoms with Gasteiger partial charge in [0, 0.05) is 0 Å². The van der Waals surface area contributed by atoms with Crippen LogP contribution in [0.5, 0.6) is 0 Å². The fourth-order valence-electron chi connectivity index (χ4n) is 3.03. The Hall–Kier alpha value is -1.58. The van der Waals surface area contributed by atoms with Crippen LogP contribution in [-0.4, -0.2) is 25.2 Å². The molecule has 0 aromatic carbocycles. The summed E-state index contributed by atoms with van der Waals surface area (Å²) < 4.78 is 10.8. The lowest BCUT2D eigenvalue weighted by atomic mass is 10.0. The number of ether oxygens (including phenoxy) is 2. The molecule has 0 aromatic heterocycles. The summed E-state index contributed by atoms with van der Waals surface area (Å²) in [6.45, 7) is 7.12. The molecule has 1 rings (SSSR count). The number of carbonyl (C=O) groups is 2. The fourth-order valence-corrected chi connectivity index (χ4v) is 3.03. The molecule has 0 saturated heterocycles. The van der Waals surface area contributed by atoms with E-state index in [1.54, 1.807) is 0 Å². The zero-order valence-corrected chi connectivity index (χ0v) is 16.9. The molecule has 0 amide bonds. The normalized spacial score (nSPS) is 14.7. The van der Waals surface area contributed by atoms with Crippen molar-refractivity contribution >= 4 is 11.9 Å². The van der Waals surface area contributed by atoms with Gasteiger partial charge in [-0.25, -0.2) is 9.59 Å². The van der Waals surface area contributed by atoms with Gasteiger partial charge in [0.1, 0.15) is 0 Å². The molecular formula is C22H36O4. The summed E-state index contributed by atoms with van der Waals surface area (Å²) in [5.41, 5.74) is 1.98. The van der Waals surface area contributed by atoms with Gasteiger partial charge < -0.3 is 9.47 Å². The first kappa shape index (κ1) is 22.5. The molecule has 0 N–H and O–H groups in total. The van der Waals surface area contributed by atoms with Gasteiger partial charge in [0.25, 0.3) is 0 Å². The van der Waals surface area contributed by atoms with Crippen LogP contribution in [0.25, 0.3) is 0 Å². The van der Waals surface area contributed by atoms with E-state index in [0.717, 1.165) is 69.8 Å². The van der Waals surface area contributed by atoms with E-state index in [-0.39, 0.29) is 11.9 Å². The number of carbonyl (C=O) groups excluding carboxylic acids is 2. The number of allylic oxidation sites excluding steroid dienone is 1. The Kier molecular flexibility index (Phi) is 11.7. The van der Waals surface area contributed by atoms with E-state index in [4.69, 9.17) is 9.47 Å². The summed E-state index contributed by atoms with van der Waals surface area (Å²) in [6, 6.07) is 0. The van der Waals surface area contributed by atoms with Crippen molar-refractivity contribution < 1.29 is 19.1 Å². The third-order valence-electron chi connectivity index (χ3n) is 4.64. The lowest BCUT2D eigenvalue weighted by Crippen LogP contribution is -2.16.